The topological polar surface area (TPSA) is 159 Å². The molecule has 2 aromatic carbocycles. The number of carbonyl (C=O) groups excluding carboxylic acids is 5. The second-order valence-corrected chi connectivity index (χ2v) is 13.1. The van der Waals surface area contributed by atoms with Crippen LogP contribution in [0.25, 0.3) is 0 Å². The van der Waals surface area contributed by atoms with Crippen molar-refractivity contribution in [3.8, 4) is 5.75 Å². The number of imide groups is 1. The number of rotatable bonds is 14. The molecule has 1 aliphatic carbocycles. The summed E-state index contributed by atoms with van der Waals surface area (Å²) in [5, 5.41) is 8.56. The lowest BCUT2D eigenvalue weighted by Gasteiger charge is -2.28. The van der Waals surface area contributed by atoms with E-state index < -0.39 is 47.5 Å². The van der Waals surface area contributed by atoms with Crippen LogP contribution >= 0.6 is 0 Å². The Morgan fingerprint density at radius 3 is 2.36 bits per heavy atom. The number of pyridine rings is 1. The van der Waals surface area contributed by atoms with Gasteiger partial charge in [-0.3, -0.25) is 19.4 Å². The number of carbonyl (C=O) groups is 5. The molecule has 6 amide bonds. The summed E-state index contributed by atoms with van der Waals surface area (Å²) < 4.78 is 10.7. The molecule has 0 spiro atoms. The highest BCUT2D eigenvalue weighted by Gasteiger charge is 2.55. The van der Waals surface area contributed by atoms with Crippen LogP contribution < -0.4 is 20.7 Å². The second kappa shape index (κ2) is 15.4. The van der Waals surface area contributed by atoms with E-state index in [-0.39, 0.29) is 25.5 Å². The first-order valence-corrected chi connectivity index (χ1v) is 16.7. The molecule has 3 N–H and O–H groups in total. The van der Waals surface area contributed by atoms with E-state index in [1.165, 1.54) is 12.0 Å². The Bertz CT molecular complexity index is 1740. The van der Waals surface area contributed by atoms with Crippen LogP contribution in [0.3, 0.4) is 0 Å². The van der Waals surface area contributed by atoms with Crippen LogP contribution in [0.1, 0.15) is 69.2 Å². The van der Waals surface area contributed by atoms with Crippen LogP contribution in [0.15, 0.2) is 67.0 Å². The van der Waals surface area contributed by atoms with Gasteiger partial charge in [0, 0.05) is 24.6 Å². The first-order valence-electron chi connectivity index (χ1n) is 16.7. The van der Waals surface area contributed by atoms with Crippen molar-refractivity contribution in [1.82, 2.24) is 20.1 Å². The van der Waals surface area contributed by atoms with Crippen molar-refractivity contribution in [1.29, 1.82) is 0 Å². The highest BCUT2D eigenvalue weighted by atomic mass is 16.5. The van der Waals surface area contributed by atoms with E-state index in [4.69, 9.17) is 9.47 Å². The van der Waals surface area contributed by atoms with Gasteiger partial charge in [-0.1, -0.05) is 37.1 Å². The lowest BCUT2D eigenvalue weighted by molar-refractivity contribution is -0.144. The summed E-state index contributed by atoms with van der Waals surface area (Å²) in [4.78, 5) is 74.0. The fourth-order valence-electron chi connectivity index (χ4n) is 6.02. The number of hydrogen-bond acceptors (Lipinski definition) is 8. The van der Waals surface area contributed by atoms with Gasteiger partial charge in [-0.25, -0.2) is 14.5 Å². The number of aromatic nitrogens is 1. The lowest BCUT2D eigenvalue weighted by atomic mass is 10.0. The number of amides is 6. The van der Waals surface area contributed by atoms with Gasteiger partial charge < -0.3 is 30.3 Å². The molecule has 0 radical (unpaired) electrons. The van der Waals surface area contributed by atoms with Crippen LogP contribution in [0, 0.1) is 12.8 Å². The molecule has 2 heterocycles. The smallest absolute Gasteiger partial charge is 0.328 e. The molecule has 1 saturated heterocycles. The molecule has 50 heavy (non-hydrogen) atoms. The molecule has 13 nitrogen and oxygen atoms in total. The third-order valence-corrected chi connectivity index (χ3v) is 9.07. The van der Waals surface area contributed by atoms with Crippen molar-refractivity contribution in [3.63, 3.8) is 0 Å². The predicted octanol–water partition coefficient (Wildman–Crippen LogP) is 5.56. The summed E-state index contributed by atoms with van der Waals surface area (Å²) in [6, 6.07) is 13.0. The van der Waals surface area contributed by atoms with E-state index in [9.17, 15) is 24.0 Å². The molecule has 13 heteroatoms. The molecular weight excluding hydrogens is 640 g/mol. The number of para-hydroxylation sites is 1. The Hall–Kier alpha value is -5.46. The highest BCUT2D eigenvalue weighted by Crippen LogP contribution is 2.39. The largest absolute Gasteiger partial charge is 0.495 e. The number of esters is 1. The van der Waals surface area contributed by atoms with E-state index in [0.717, 1.165) is 23.3 Å². The standard InChI is InChI=1S/C37H44N6O7/c1-6-50-32(44)21-29(26-15-17-38-18-16-26)39-33(45)30(19-24-11-12-24)43-34(46)37(3,4)42(36(43)48)22-25-13-14-28(31(20-25)49-5)41-35(47)40-27-10-8-7-9-23(27)2/h7-10,13-18,20,24,29-30H,6,11-12,19,21-22H2,1-5H3,(H,39,45)(H2,40,41,47). The van der Waals surface area contributed by atoms with Crippen LogP contribution in [0.5, 0.6) is 5.75 Å². The SMILES string of the molecule is CCOC(=O)CC(NC(=O)C(CC1CC1)N1C(=O)N(Cc2ccc(NC(=O)Nc3ccccc3C)c(OC)c2)C(C)(C)C1=O)c1ccncc1. The summed E-state index contributed by atoms with van der Waals surface area (Å²) >= 11 is 0. The van der Waals surface area contributed by atoms with Crippen molar-refractivity contribution in [2.24, 2.45) is 5.92 Å². The zero-order chi connectivity index (χ0) is 36.0. The number of nitrogens with zero attached hydrogens (tertiary/aromatic N) is 3. The van der Waals surface area contributed by atoms with Gasteiger partial charge in [0.2, 0.25) is 5.91 Å². The fraction of sp³-hybridized carbons (Fsp3) is 0.405. The molecule has 3 aromatic rings. The Kier molecular flexibility index (Phi) is 11.0. The molecule has 2 aliphatic rings. The number of benzene rings is 2. The highest BCUT2D eigenvalue weighted by molar-refractivity contribution is 6.09. The Morgan fingerprint density at radius 2 is 1.70 bits per heavy atom. The third kappa shape index (κ3) is 8.21. The third-order valence-electron chi connectivity index (χ3n) is 9.07. The number of nitrogens with one attached hydrogen (secondary N) is 3. The maximum absolute atomic E-state index is 14.1. The Morgan fingerprint density at radius 1 is 1.00 bits per heavy atom. The quantitative estimate of drug-likeness (QED) is 0.147. The first-order chi connectivity index (χ1) is 23.9. The van der Waals surface area contributed by atoms with Crippen LogP contribution in [0.4, 0.5) is 21.0 Å². The lowest BCUT2D eigenvalue weighted by Crippen LogP contribution is -2.51. The van der Waals surface area contributed by atoms with Crippen molar-refractivity contribution in [2.45, 2.75) is 77.5 Å². The van der Waals surface area contributed by atoms with E-state index in [1.54, 1.807) is 69.6 Å². The molecule has 2 atom stereocenters. The fourth-order valence-corrected chi connectivity index (χ4v) is 6.02. The van der Waals surface area contributed by atoms with Gasteiger partial charge in [0.1, 0.15) is 17.3 Å². The van der Waals surface area contributed by atoms with Crippen LogP contribution in [-0.4, -0.2) is 69.9 Å². The number of ether oxygens (including phenoxy) is 2. The monoisotopic (exact) mass is 684 g/mol. The van der Waals surface area contributed by atoms with E-state index >= 15 is 0 Å². The Labute approximate surface area is 291 Å². The number of hydrogen-bond donors (Lipinski definition) is 3. The van der Waals surface area contributed by atoms with Crippen LogP contribution in [0.2, 0.25) is 0 Å². The van der Waals surface area contributed by atoms with Crippen molar-refractivity contribution < 1.29 is 33.4 Å². The molecule has 1 saturated carbocycles. The van der Waals surface area contributed by atoms with Gasteiger partial charge >= 0.3 is 18.0 Å². The maximum Gasteiger partial charge on any atom is 0.328 e. The van der Waals surface area contributed by atoms with Gasteiger partial charge in [0.25, 0.3) is 5.91 Å². The predicted molar refractivity (Wildman–Crippen MR) is 186 cm³/mol. The first kappa shape index (κ1) is 35.8. The minimum Gasteiger partial charge on any atom is -0.495 e. The van der Waals surface area contributed by atoms with Crippen molar-refractivity contribution >= 4 is 41.2 Å². The van der Waals surface area contributed by atoms with Gasteiger partial charge in [0.15, 0.2) is 0 Å². The van der Waals surface area contributed by atoms with E-state index in [0.29, 0.717) is 34.7 Å². The maximum atomic E-state index is 14.1. The average molecular weight is 685 g/mol. The summed E-state index contributed by atoms with van der Waals surface area (Å²) in [5.74, 6) is -0.946. The number of methoxy groups -OCH3 is 1. The second-order valence-electron chi connectivity index (χ2n) is 13.1. The normalized spacial score (nSPS) is 16.4. The number of anilines is 2. The molecule has 264 valence electrons. The molecule has 2 unspecified atom stereocenters. The van der Waals surface area contributed by atoms with E-state index in [1.807, 2.05) is 25.1 Å². The number of aryl methyl sites for hydroxylation is 1. The molecule has 2 fully saturated rings. The van der Waals surface area contributed by atoms with Gasteiger partial charge in [-0.05, 0) is 87.1 Å². The zero-order valence-corrected chi connectivity index (χ0v) is 29.0. The summed E-state index contributed by atoms with van der Waals surface area (Å²) in [6.07, 6.45) is 5.11. The van der Waals surface area contributed by atoms with E-state index in [2.05, 4.69) is 20.9 Å². The summed E-state index contributed by atoms with van der Waals surface area (Å²) in [7, 11) is 1.47. The van der Waals surface area contributed by atoms with Crippen LogP contribution in [-0.2, 0) is 25.7 Å². The molecular formula is C37H44N6O7. The average Bonchev–Trinajstić information content (AvgIpc) is 3.90. The molecule has 1 aliphatic heterocycles. The minimum atomic E-state index is -1.27. The van der Waals surface area contributed by atoms with Gasteiger partial charge in [-0.15, -0.1) is 0 Å². The summed E-state index contributed by atoms with van der Waals surface area (Å²) in [6.45, 7) is 7.14. The minimum absolute atomic E-state index is 0.0420. The zero-order valence-electron chi connectivity index (χ0n) is 29.0. The molecule has 0 bridgehead atoms. The number of urea groups is 2. The molecule has 5 rings (SSSR count). The Balaban J connectivity index is 1.34. The van der Waals surface area contributed by atoms with Crippen molar-refractivity contribution in [2.75, 3.05) is 24.4 Å². The van der Waals surface area contributed by atoms with Gasteiger partial charge in [-0.2, -0.15) is 0 Å². The van der Waals surface area contributed by atoms with Crippen molar-refractivity contribution in [3.05, 3.63) is 83.7 Å². The molecule has 1 aromatic heterocycles. The van der Waals surface area contributed by atoms with Gasteiger partial charge in [0.05, 0.1) is 31.9 Å². The summed E-state index contributed by atoms with van der Waals surface area (Å²) in [5.41, 5.74) is 2.02.